The average molecular weight is 482 g/mol. The van der Waals surface area contributed by atoms with E-state index in [1.165, 1.54) is 0 Å². The van der Waals surface area contributed by atoms with E-state index < -0.39 is 5.66 Å². The minimum Gasteiger partial charge on any atom is -0.342 e. The Labute approximate surface area is 214 Å². The van der Waals surface area contributed by atoms with Crippen molar-refractivity contribution in [3.8, 4) is 0 Å². The topological polar surface area (TPSA) is 52.7 Å². The van der Waals surface area contributed by atoms with Crippen molar-refractivity contribution < 1.29 is 9.59 Å². The number of benzene rings is 3. The predicted molar refractivity (Wildman–Crippen MR) is 142 cm³/mol. The Kier molecular flexibility index (Phi) is 7.19. The first-order valence-electron chi connectivity index (χ1n) is 13.1. The van der Waals surface area contributed by atoms with Gasteiger partial charge >= 0.3 is 0 Å². The van der Waals surface area contributed by atoms with Crippen molar-refractivity contribution in [2.45, 2.75) is 56.8 Å². The third kappa shape index (κ3) is 4.93. The molecule has 2 fully saturated rings. The zero-order valence-electron chi connectivity index (χ0n) is 21.0. The van der Waals surface area contributed by atoms with Crippen molar-refractivity contribution >= 4 is 11.8 Å². The molecule has 0 saturated carbocycles. The zero-order valence-corrected chi connectivity index (χ0v) is 21.0. The third-order valence-electron chi connectivity index (χ3n) is 7.80. The van der Waals surface area contributed by atoms with E-state index in [4.69, 9.17) is 0 Å². The molecule has 3 aromatic carbocycles. The van der Waals surface area contributed by atoms with Crippen LogP contribution in [0.4, 0.5) is 0 Å². The Morgan fingerprint density at radius 1 is 0.889 bits per heavy atom. The molecule has 5 nitrogen and oxygen atoms in total. The van der Waals surface area contributed by atoms with Gasteiger partial charge in [0.2, 0.25) is 11.8 Å². The third-order valence-corrected chi connectivity index (χ3v) is 7.80. The summed E-state index contributed by atoms with van der Waals surface area (Å²) < 4.78 is 0. The van der Waals surface area contributed by atoms with Gasteiger partial charge < -0.3 is 9.80 Å². The number of nitrogens with zero attached hydrogens (tertiary/aromatic N) is 2. The fraction of sp³-hybridized carbons (Fsp3) is 0.355. The molecule has 186 valence electrons. The number of hydrogen-bond acceptors (Lipinski definition) is 3. The van der Waals surface area contributed by atoms with Gasteiger partial charge in [-0.3, -0.25) is 14.9 Å². The summed E-state index contributed by atoms with van der Waals surface area (Å²) in [6.07, 6.45) is 2.91. The lowest BCUT2D eigenvalue weighted by atomic mass is 9.91. The number of rotatable bonds is 7. The Morgan fingerprint density at radius 2 is 1.44 bits per heavy atom. The van der Waals surface area contributed by atoms with E-state index in [9.17, 15) is 9.59 Å². The highest BCUT2D eigenvalue weighted by molar-refractivity contribution is 5.86. The fourth-order valence-corrected chi connectivity index (χ4v) is 5.82. The number of likely N-dealkylation sites (tertiary alicyclic amines) is 1. The second-order valence-corrected chi connectivity index (χ2v) is 10.0. The first-order chi connectivity index (χ1) is 17.6. The summed E-state index contributed by atoms with van der Waals surface area (Å²) in [5, 5.41) is 3.75. The molecule has 2 saturated heterocycles. The molecule has 3 aromatic rings. The van der Waals surface area contributed by atoms with Gasteiger partial charge in [-0.1, -0.05) is 97.9 Å². The molecule has 2 atom stereocenters. The summed E-state index contributed by atoms with van der Waals surface area (Å²) in [7, 11) is 0. The van der Waals surface area contributed by atoms with Crippen molar-refractivity contribution in [2.24, 2.45) is 0 Å². The van der Waals surface area contributed by atoms with Crippen LogP contribution in [-0.2, 0) is 22.6 Å². The van der Waals surface area contributed by atoms with Gasteiger partial charge in [0.05, 0.1) is 17.6 Å². The molecule has 2 aliphatic rings. The molecule has 0 aliphatic carbocycles. The number of nitrogens with one attached hydrogen (secondary N) is 1. The molecule has 1 spiro atoms. The van der Waals surface area contributed by atoms with E-state index in [1.807, 2.05) is 76.5 Å². The first-order valence-corrected chi connectivity index (χ1v) is 13.1. The van der Waals surface area contributed by atoms with Crippen molar-refractivity contribution in [3.63, 3.8) is 0 Å². The number of carbonyl (C=O) groups excluding carboxylic acids is 2. The Hall–Kier alpha value is -3.44. The molecule has 2 amide bonds. The van der Waals surface area contributed by atoms with Gasteiger partial charge in [0.15, 0.2) is 0 Å². The van der Waals surface area contributed by atoms with Gasteiger partial charge in [0, 0.05) is 32.5 Å². The van der Waals surface area contributed by atoms with Crippen LogP contribution >= 0.6 is 0 Å². The summed E-state index contributed by atoms with van der Waals surface area (Å²) in [6, 6.07) is 30.2. The van der Waals surface area contributed by atoms with Crippen molar-refractivity contribution in [1.29, 1.82) is 0 Å². The van der Waals surface area contributed by atoms with Gasteiger partial charge in [-0.2, -0.15) is 0 Å². The summed E-state index contributed by atoms with van der Waals surface area (Å²) in [5.41, 5.74) is 2.92. The summed E-state index contributed by atoms with van der Waals surface area (Å²) in [6.45, 7) is 3.94. The number of amides is 2. The highest BCUT2D eigenvalue weighted by atomic mass is 16.2. The summed E-state index contributed by atoms with van der Waals surface area (Å²) >= 11 is 0. The van der Waals surface area contributed by atoms with E-state index in [-0.39, 0.29) is 23.8 Å². The predicted octanol–water partition coefficient (Wildman–Crippen LogP) is 4.74. The maximum atomic E-state index is 13.7. The summed E-state index contributed by atoms with van der Waals surface area (Å²) in [4.78, 5) is 31.3. The van der Waals surface area contributed by atoms with Crippen LogP contribution in [0.2, 0.25) is 0 Å². The van der Waals surface area contributed by atoms with Gasteiger partial charge in [0.1, 0.15) is 0 Å². The van der Waals surface area contributed by atoms with E-state index in [2.05, 4.69) is 36.5 Å². The molecule has 2 heterocycles. The molecule has 2 unspecified atom stereocenters. The lowest BCUT2D eigenvalue weighted by molar-refractivity contribution is -0.138. The molecule has 0 radical (unpaired) electrons. The highest BCUT2D eigenvalue weighted by Crippen LogP contribution is 2.36. The fourth-order valence-electron chi connectivity index (χ4n) is 5.82. The van der Waals surface area contributed by atoms with Crippen LogP contribution in [0.25, 0.3) is 0 Å². The number of carbonyl (C=O) groups is 2. The van der Waals surface area contributed by atoms with Crippen LogP contribution < -0.4 is 5.32 Å². The van der Waals surface area contributed by atoms with E-state index in [0.717, 1.165) is 36.0 Å². The van der Waals surface area contributed by atoms with Gasteiger partial charge in [0.25, 0.3) is 0 Å². The lowest BCUT2D eigenvalue weighted by Gasteiger charge is -2.45. The van der Waals surface area contributed by atoms with Gasteiger partial charge in [-0.15, -0.1) is 0 Å². The molecular weight excluding hydrogens is 446 g/mol. The van der Waals surface area contributed by atoms with E-state index >= 15 is 0 Å². The number of hydrogen-bond donors (Lipinski definition) is 1. The molecule has 1 N–H and O–H groups in total. The van der Waals surface area contributed by atoms with Crippen LogP contribution in [0, 0.1) is 0 Å². The maximum Gasteiger partial charge on any atom is 0.241 e. The Morgan fingerprint density at radius 3 is 2.03 bits per heavy atom. The Balaban J connectivity index is 1.34. The maximum absolute atomic E-state index is 13.7. The number of piperidine rings is 1. The standard InChI is InChI=1S/C31H35N3O2/c1-2-27(26-16-10-5-11-17-26)29(35)33-20-18-31(19-21-33)32-28(22-24-12-6-3-7-13-24)30(36)34(31)23-25-14-8-4-9-15-25/h3-17,27-28,32H,2,18-23H2,1H3. The minimum absolute atomic E-state index is 0.121. The van der Waals surface area contributed by atoms with E-state index in [1.54, 1.807) is 0 Å². The van der Waals surface area contributed by atoms with Gasteiger partial charge in [-0.25, -0.2) is 0 Å². The smallest absolute Gasteiger partial charge is 0.241 e. The zero-order chi connectivity index (χ0) is 25.0. The van der Waals surface area contributed by atoms with Crippen molar-refractivity contribution in [3.05, 3.63) is 108 Å². The monoisotopic (exact) mass is 481 g/mol. The molecule has 0 aromatic heterocycles. The molecule has 5 heteroatoms. The van der Waals surface area contributed by atoms with Crippen LogP contribution in [0.15, 0.2) is 91.0 Å². The second kappa shape index (κ2) is 10.7. The normalized spacial score (nSPS) is 20.0. The molecule has 36 heavy (non-hydrogen) atoms. The van der Waals surface area contributed by atoms with Crippen LogP contribution in [0.1, 0.15) is 48.8 Å². The molecule has 0 bridgehead atoms. The second-order valence-electron chi connectivity index (χ2n) is 10.0. The largest absolute Gasteiger partial charge is 0.342 e. The van der Waals surface area contributed by atoms with Crippen LogP contribution in [0.5, 0.6) is 0 Å². The lowest BCUT2D eigenvalue weighted by Crippen LogP contribution is -2.59. The summed E-state index contributed by atoms with van der Waals surface area (Å²) in [5.74, 6) is 0.223. The van der Waals surface area contributed by atoms with Gasteiger partial charge in [-0.05, 0) is 29.5 Å². The molecule has 2 aliphatic heterocycles. The molecular formula is C31H35N3O2. The highest BCUT2D eigenvalue weighted by Gasteiger charge is 2.51. The molecule has 5 rings (SSSR count). The quantitative estimate of drug-likeness (QED) is 0.530. The SMILES string of the molecule is CCC(C(=O)N1CCC2(CC1)NC(Cc1ccccc1)C(=O)N2Cc1ccccc1)c1ccccc1. The van der Waals surface area contributed by atoms with Crippen LogP contribution in [0.3, 0.4) is 0 Å². The van der Waals surface area contributed by atoms with Crippen molar-refractivity contribution in [1.82, 2.24) is 15.1 Å². The van der Waals surface area contributed by atoms with Crippen LogP contribution in [-0.4, -0.2) is 46.4 Å². The van der Waals surface area contributed by atoms with E-state index in [0.29, 0.717) is 26.1 Å². The Bertz CT molecular complexity index is 1160. The average Bonchev–Trinajstić information content (AvgIpc) is 3.16. The minimum atomic E-state index is -0.433. The van der Waals surface area contributed by atoms with Crippen molar-refractivity contribution in [2.75, 3.05) is 13.1 Å². The first kappa shape index (κ1) is 24.3.